The van der Waals surface area contributed by atoms with Gasteiger partial charge < -0.3 is 9.32 Å². The maximum atomic E-state index is 13.0. The molecule has 1 heterocycles. The average Bonchev–Trinajstić information content (AvgIpc) is 2.81. The highest BCUT2D eigenvalue weighted by atomic mass is 19.1. The molecule has 0 N–H and O–H groups in total. The lowest BCUT2D eigenvalue weighted by atomic mass is 10.3. The number of halogens is 1. The second kappa shape index (κ2) is 5.36. The van der Waals surface area contributed by atoms with E-state index < -0.39 is 11.9 Å². The fraction of sp³-hybridized carbons (Fsp3) is 0.167. The lowest BCUT2D eigenvalue weighted by Gasteiger charge is -2.05. The Balaban J connectivity index is 2.32. The van der Waals surface area contributed by atoms with E-state index in [0.29, 0.717) is 5.58 Å². The molecule has 0 radical (unpaired) electrons. The molecule has 7 nitrogen and oxygen atoms in total. The average molecular weight is 276 g/mol. The number of rotatable bonds is 2. The molecule has 0 spiro atoms. The topological polar surface area (TPSA) is 91.7 Å². The Morgan fingerprint density at radius 1 is 1.55 bits per heavy atom. The van der Waals surface area contributed by atoms with Crippen molar-refractivity contribution in [2.75, 3.05) is 14.1 Å². The summed E-state index contributed by atoms with van der Waals surface area (Å²) in [6.07, 6.45) is -0.750. The summed E-state index contributed by atoms with van der Waals surface area (Å²) in [4.78, 5) is 20.7. The molecular weight excluding hydrogens is 267 g/mol. The summed E-state index contributed by atoms with van der Waals surface area (Å²) >= 11 is 0. The molecule has 2 rings (SSSR count). The minimum Gasteiger partial charge on any atom is -0.434 e. The fourth-order valence-corrected chi connectivity index (χ4v) is 1.28. The molecule has 1 aromatic carbocycles. The third-order valence-corrected chi connectivity index (χ3v) is 2.24. The predicted octanol–water partition coefficient (Wildman–Crippen LogP) is 1.89. The van der Waals surface area contributed by atoms with E-state index >= 15 is 0 Å². The monoisotopic (exact) mass is 276 g/mol. The number of oxime groups is 1. The van der Waals surface area contributed by atoms with Crippen LogP contribution < -0.4 is 0 Å². The molecule has 0 unspecified atom stereocenters. The second-order valence-corrected chi connectivity index (χ2v) is 3.93. The van der Waals surface area contributed by atoms with Gasteiger partial charge in [-0.1, -0.05) is 5.16 Å². The smallest absolute Gasteiger partial charge is 0.434 e. The van der Waals surface area contributed by atoms with Crippen LogP contribution in [0.3, 0.4) is 0 Å². The Labute approximate surface area is 112 Å². The maximum Gasteiger partial charge on any atom is 0.435 e. The molecule has 0 bridgehead atoms. The number of aromatic nitrogens is 1. The summed E-state index contributed by atoms with van der Waals surface area (Å²) in [7, 11) is 2.93. The number of fused-ring (bicyclic) bond motifs is 1. The first-order chi connectivity index (χ1) is 9.51. The van der Waals surface area contributed by atoms with Gasteiger partial charge >= 0.3 is 6.09 Å². The van der Waals surface area contributed by atoms with Gasteiger partial charge in [0.25, 0.3) is 5.89 Å². The molecular formula is C12H9FN4O3. The Kier molecular flexibility index (Phi) is 3.61. The lowest BCUT2D eigenvalue weighted by molar-refractivity contribution is 0.122. The SMILES string of the molecule is CN(C)C(=O)O/N=C(\C#N)c1nc2cc(F)ccc2o1. The normalized spacial score (nSPS) is 11.2. The van der Waals surface area contributed by atoms with Crippen molar-refractivity contribution >= 4 is 22.9 Å². The van der Waals surface area contributed by atoms with Crippen molar-refractivity contribution in [1.29, 1.82) is 5.26 Å². The first-order valence-corrected chi connectivity index (χ1v) is 5.44. The van der Waals surface area contributed by atoms with Crippen LogP contribution in [0.5, 0.6) is 0 Å². The zero-order chi connectivity index (χ0) is 14.7. The van der Waals surface area contributed by atoms with E-state index in [9.17, 15) is 9.18 Å². The van der Waals surface area contributed by atoms with E-state index in [2.05, 4.69) is 15.0 Å². The van der Waals surface area contributed by atoms with Gasteiger partial charge in [-0.25, -0.2) is 14.2 Å². The van der Waals surface area contributed by atoms with Gasteiger partial charge in [-0.3, -0.25) is 4.84 Å². The number of amides is 1. The molecule has 0 aliphatic heterocycles. The summed E-state index contributed by atoms with van der Waals surface area (Å²) in [6.45, 7) is 0. The summed E-state index contributed by atoms with van der Waals surface area (Å²) in [5.74, 6) is -0.633. The van der Waals surface area contributed by atoms with Crippen LogP contribution in [0.15, 0.2) is 27.8 Å². The predicted molar refractivity (Wildman–Crippen MR) is 66.3 cm³/mol. The van der Waals surface area contributed by atoms with Gasteiger partial charge in [-0.15, -0.1) is 0 Å². The van der Waals surface area contributed by atoms with Crippen molar-refractivity contribution in [3.63, 3.8) is 0 Å². The zero-order valence-corrected chi connectivity index (χ0v) is 10.6. The number of nitriles is 1. The number of carbonyl (C=O) groups is 1. The van der Waals surface area contributed by atoms with Crippen molar-refractivity contribution in [3.8, 4) is 6.07 Å². The molecule has 0 aliphatic rings. The lowest BCUT2D eigenvalue weighted by Crippen LogP contribution is -2.21. The highest BCUT2D eigenvalue weighted by molar-refractivity contribution is 6.09. The van der Waals surface area contributed by atoms with Crippen molar-refractivity contribution < 1.29 is 18.4 Å². The van der Waals surface area contributed by atoms with Gasteiger partial charge in [0.05, 0.1) is 0 Å². The van der Waals surface area contributed by atoms with E-state index in [0.717, 1.165) is 11.0 Å². The Morgan fingerprint density at radius 2 is 2.30 bits per heavy atom. The molecule has 2 aromatic rings. The number of oxazole rings is 1. The largest absolute Gasteiger partial charge is 0.435 e. The highest BCUT2D eigenvalue weighted by Gasteiger charge is 2.15. The van der Waals surface area contributed by atoms with E-state index in [4.69, 9.17) is 9.68 Å². The quantitative estimate of drug-likeness (QED) is 0.474. The third-order valence-electron chi connectivity index (χ3n) is 2.24. The number of benzene rings is 1. The summed E-state index contributed by atoms with van der Waals surface area (Å²) < 4.78 is 18.3. The van der Waals surface area contributed by atoms with E-state index in [-0.39, 0.29) is 17.1 Å². The number of hydrogen-bond donors (Lipinski definition) is 0. The van der Waals surface area contributed by atoms with Crippen LogP contribution in [0.25, 0.3) is 11.1 Å². The minimum absolute atomic E-state index is 0.153. The van der Waals surface area contributed by atoms with Crippen LogP contribution in [0, 0.1) is 17.1 Å². The molecule has 20 heavy (non-hydrogen) atoms. The first-order valence-electron chi connectivity index (χ1n) is 5.44. The summed E-state index contributed by atoms with van der Waals surface area (Å²) in [5, 5.41) is 12.3. The molecule has 0 aliphatic carbocycles. The molecule has 0 fully saturated rings. The van der Waals surface area contributed by atoms with Crippen LogP contribution in [-0.2, 0) is 4.84 Å². The number of hydrogen-bond acceptors (Lipinski definition) is 6. The maximum absolute atomic E-state index is 13.0. The zero-order valence-electron chi connectivity index (χ0n) is 10.6. The van der Waals surface area contributed by atoms with Crippen molar-refractivity contribution in [2.45, 2.75) is 0 Å². The Bertz CT molecular complexity index is 730. The molecule has 1 amide bonds. The van der Waals surface area contributed by atoms with Crippen molar-refractivity contribution in [1.82, 2.24) is 9.88 Å². The van der Waals surface area contributed by atoms with Gasteiger partial charge in [-0.05, 0) is 12.1 Å². The van der Waals surface area contributed by atoms with Gasteiger partial charge in [-0.2, -0.15) is 5.26 Å². The standard InChI is InChI=1S/C12H9FN4O3/c1-17(2)12(18)20-16-9(6-14)11-15-8-5-7(13)3-4-10(8)19-11/h3-5H,1-2H3/b16-9+. The molecule has 0 atom stereocenters. The molecule has 0 saturated carbocycles. The van der Waals surface area contributed by atoms with Crippen LogP contribution in [0.1, 0.15) is 5.89 Å². The molecule has 1 aromatic heterocycles. The van der Waals surface area contributed by atoms with Crippen LogP contribution in [-0.4, -0.2) is 35.8 Å². The van der Waals surface area contributed by atoms with Crippen molar-refractivity contribution in [3.05, 3.63) is 29.9 Å². The molecule has 8 heteroatoms. The van der Waals surface area contributed by atoms with E-state index in [1.165, 1.54) is 26.2 Å². The van der Waals surface area contributed by atoms with Gasteiger partial charge in [0.15, 0.2) is 5.58 Å². The first kappa shape index (κ1) is 13.5. The Hall–Kier alpha value is -2.95. The molecule has 102 valence electrons. The second-order valence-electron chi connectivity index (χ2n) is 3.93. The van der Waals surface area contributed by atoms with Gasteiger partial charge in [0.2, 0.25) is 5.71 Å². The summed E-state index contributed by atoms with van der Waals surface area (Å²) in [6, 6.07) is 5.43. The number of nitrogens with zero attached hydrogens (tertiary/aromatic N) is 4. The van der Waals surface area contributed by atoms with Crippen LogP contribution in [0.2, 0.25) is 0 Å². The summed E-state index contributed by atoms with van der Waals surface area (Å²) in [5.41, 5.74) is 0.210. The van der Waals surface area contributed by atoms with E-state index in [1.807, 2.05) is 0 Å². The van der Waals surface area contributed by atoms with Crippen LogP contribution in [0.4, 0.5) is 9.18 Å². The fourth-order valence-electron chi connectivity index (χ4n) is 1.28. The third kappa shape index (κ3) is 2.72. The van der Waals surface area contributed by atoms with E-state index in [1.54, 1.807) is 6.07 Å². The Morgan fingerprint density at radius 3 is 2.95 bits per heavy atom. The highest BCUT2D eigenvalue weighted by Crippen LogP contribution is 2.17. The van der Waals surface area contributed by atoms with Gasteiger partial charge in [0.1, 0.15) is 17.4 Å². The molecule has 0 saturated heterocycles. The van der Waals surface area contributed by atoms with Gasteiger partial charge in [0, 0.05) is 20.2 Å². The minimum atomic E-state index is -0.750. The number of carbonyl (C=O) groups excluding carboxylic acids is 1. The van der Waals surface area contributed by atoms with Crippen LogP contribution >= 0.6 is 0 Å². The van der Waals surface area contributed by atoms with Crippen molar-refractivity contribution in [2.24, 2.45) is 5.16 Å².